The summed E-state index contributed by atoms with van der Waals surface area (Å²) in [5.41, 5.74) is 5.78. The molecule has 4 atom stereocenters. The zero-order valence-corrected chi connectivity index (χ0v) is 12.0. The smallest absolute Gasteiger partial charge is 0.309 e. The molecule has 0 heterocycles. The van der Waals surface area contributed by atoms with Gasteiger partial charge in [0, 0.05) is 13.5 Å². The van der Waals surface area contributed by atoms with E-state index in [1.165, 1.54) is 6.42 Å². The second-order valence-corrected chi connectivity index (χ2v) is 5.97. The lowest BCUT2D eigenvalue weighted by Gasteiger charge is -2.32. The van der Waals surface area contributed by atoms with E-state index < -0.39 is 0 Å². The first-order chi connectivity index (χ1) is 9.24. The molecule has 0 aromatic carbocycles. The minimum Gasteiger partial charge on any atom is -0.462 e. The van der Waals surface area contributed by atoms with Crippen molar-refractivity contribution in [3.8, 4) is 0 Å². The van der Waals surface area contributed by atoms with Crippen LogP contribution in [0.3, 0.4) is 0 Å². The van der Waals surface area contributed by atoms with Crippen LogP contribution in [0.15, 0.2) is 0 Å². The molecule has 0 bridgehead atoms. The Hall–Kier alpha value is -0.610. The van der Waals surface area contributed by atoms with Crippen molar-refractivity contribution >= 4 is 5.97 Å². The van der Waals surface area contributed by atoms with Gasteiger partial charge in [0.05, 0.1) is 12.0 Å². The third-order valence-corrected chi connectivity index (χ3v) is 4.71. The minimum atomic E-state index is -0.0168. The summed E-state index contributed by atoms with van der Waals surface area (Å²) in [6.45, 7) is 0.602. The Morgan fingerprint density at radius 1 is 1.11 bits per heavy atom. The Balaban J connectivity index is 1.85. The molecule has 2 aliphatic carbocycles. The maximum absolute atomic E-state index is 12.3. The highest BCUT2D eigenvalue weighted by Gasteiger charge is 2.33. The second kappa shape index (κ2) is 7.25. The van der Waals surface area contributed by atoms with Gasteiger partial charge in [-0.2, -0.15) is 0 Å². The Morgan fingerprint density at radius 2 is 1.84 bits per heavy atom. The van der Waals surface area contributed by atoms with Crippen LogP contribution in [0.25, 0.3) is 0 Å². The van der Waals surface area contributed by atoms with Crippen LogP contribution in [0.4, 0.5) is 0 Å². The van der Waals surface area contributed by atoms with Crippen molar-refractivity contribution in [3.63, 3.8) is 0 Å². The molecule has 0 radical (unpaired) electrons. The number of hydrogen-bond acceptors (Lipinski definition) is 4. The number of hydrogen-bond donors (Lipinski definition) is 1. The Labute approximate surface area is 116 Å². The van der Waals surface area contributed by atoms with Crippen molar-refractivity contribution in [3.05, 3.63) is 0 Å². The fraction of sp³-hybridized carbons (Fsp3) is 0.933. The third kappa shape index (κ3) is 3.93. The molecule has 2 rings (SSSR count). The Kier molecular flexibility index (Phi) is 5.64. The summed E-state index contributed by atoms with van der Waals surface area (Å²) in [4.78, 5) is 12.3. The van der Waals surface area contributed by atoms with E-state index >= 15 is 0 Å². The first-order valence-corrected chi connectivity index (χ1v) is 7.68. The average molecular weight is 269 g/mol. The fourth-order valence-electron chi connectivity index (χ4n) is 3.47. The molecule has 4 nitrogen and oxygen atoms in total. The van der Waals surface area contributed by atoms with Gasteiger partial charge in [-0.05, 0) is 44.6 Å². The van der Waals surface area contributed by atoms with Gasteiger partial charge in [0.2, 0.25) is 0 Å². The van der Waals surface area contributed by atoms with Crippen LogP contribution in [0.5, 0.6) is 0 Å². The molecule has 2 saturated carbocycles. The van der Waals surface area contributed by atoms with Crippen LogP contribution in [-0.4, -0.2) is 31.8 Å². The molecule has 2 fully saturated rings. The molecular formula is C15H27NO3. The average Bonchev–Trinajstić information content (AvgIpc) is 2.47. The molecule has 19 heavy (non-hydrogen) atoms. The van der Waals surface area contributed by atoms with Crippen LogP contribution in [0.2, 0.25) is 0 Å². The molecule has 2 N–H and O–H groups in total. The van der Waals surface area contributed by atoms with Gasteiger partial charge >= 0.3 is 5.97 Å². The van der Waals surface area contributed by atoms with E-state index in [1.807, 2.05) is 0 Å². The number of ether oxygens (including phenoxy) is 2. The molecule has 0 saturated heterocycles. The summed E-state index contributed by atoms with van der Waals surface area (Å²) in [5.74, 6) is 0.335. The Morgan fingerprint density at radius 3 is 2.58 bits per heavy atom. The minimum absolute atomic E-state index is 0.0168. The molecule has 0 spiro atoms. The van der Waals surface area contributed by atoms with Crippen molar-refractivity contribution in [1.29, 1.82) is 0 Å². The number of esters is 1. The molecular weight excluding hydrogens is 242 g/mol. The van der Waals surface area contributed by atoms with Gasteiger partial charge in [-0.15, -0.1) is 0 Å². The quantitative estimate of drug-likeness (QED) is 0.795. The summed E-state index contributed by atoms with van der Waals surface area (Å²) in [5, 5.41) is 0. The summed E-state index contributed by atoms with van der Waals surface area (Å²) in [6.07, 6.45) is 8.63. The maximum atomic E-state index is 12.3. The highest BCUT2D eigenvalue weighted by Crippen LogP contribution is 2.32. The first-order valence-electron chi connectivity index (χ1n) is 7.68. The summed E-state index contributed by atoms with van der Waals surface area (Å²) in [7, 11) is 1.74. The molecule has 0 aliphatic heterocycles. The first kappa shape index (κ1) is 14.8. The van der Waals surface area contributed by atoms with E-state index in [1.54, 1.807) is 7.11 Å². The van der Waals surface area contributed by atoms with Gasteiger partial charge in [-0.3, -0.25) is 4.79 Å². The van der Waals surface area contributed by atoms with Crippen molar-refractivity contribution in [2.75, 3.05) is 13.7 Å². The zero-order chi connectivity index (χ0) is 13.7. The zero-order valence-electron chi connectivity index (χ0n) is 12.0. The highest BCUT2D eigenvalue weighted by atomic mass is 16.5. The van der Waals surface area contributed by atoms with Crippen molar-refractivity contribution < 1.29 is 14.3 Å². The number of methoxy groups -OCH3 is 1. The lowest BCUT2D eigenvalue weighted by molar-refractivity contribution is -0.160. The monoisotopic (exact) mass is 269 g/mol. The van der Waals surface area contributed by atoms with E-state index in [9.17, 15) is 4.79 Å². The van der Waals surface area contributed by atoms with Gasteiger partial charge in [-0.25, -0.2) is 0 Å². The van der Waals surface area contributed by atoms with E-state index in [-0.39, 0.29) is 24.1 Å². The fourth-order valence-corrected chi connectivity index (χ4v) is 3.47. The van der Waals surface area contributed by atoms with Gasteiger partial charge in [-0.1, -0.05) is 12.8 Å². The molecule has 0 amide bonds. The van der Waals surface area contributed by atoms with Crippen molar-refractivity contribution in [2.45, 2.75) is 63.6 Å². The van der Waals surface area contributed by atoms with Crippen LogP contribution < -0.4 is 5.73 Å². The summed E-state index contributed by atoms with van der Waals surface area (Å²) in [6, 6.07) is 0. The molecule has 0 aromatic heterocycles. The largest absolute Gasteiger partial charge is 0.462 e. The lowest BCUT2D eigenvalue weighted by atomic mass is 9.79. The molecule has 2 aliphatic rings. The number of carbonyl (C=O) groups excluding carboxylic acids is 1. The van der Waals surface area contributed by atoms with E-state index in [0.717, 1.165) is 44.9 Å². The predicted octanol–water partition coefficient (Wildman–Crippen LogP) is 2.25. The van der Waals surface area contributed by atoms with E-state index in [2.05, 4.69) is 0 Å². The SMILES string of the molecule is COC1CCCC(OC(=O)C2CCCCC2CN)C1. The number of carbonyl (C=O) groups is 1. The summed E-state index contributed by atoms with van der Waals surface area (Å²) >= 11 is 0. The molecule has 0 aromatic rings. The van der Waals surface area contributed by atoms with Crippen LogP contribution in [0.1, 0.15) is 51.4 Å². The van der Waals surface area contributed by atoms with Crippen molar-refractivity contribution in [2.24, 2.45) is 17.6 Å². The van der Waals surface area contributed by atoms with Crippen LogP contribution in [0, 0.1) is 11.8 Å². The van der Waals surface area contributed by atoms with Gasteiger partial charge < -0.3 is 15.2 Å². The standard InChI is InChI=1S/C15H27NO3/c1-18-12-6-4-7-13(9-12)19-15(17)14-8-3-2-5-11(14)10-16/h11-14H,2-10,16H2,1H3. The predicted molar refractivity (Wildman–Crippen MR) is 73.6 cm³/mol. The normalized spacial score (nSPS) is 35.9. The van der Waals surface area contributed by atoms with Crippen LogP contribution in [-0.2, 0) is 14.3 Å². The van der Waals surface area contributed by atoms with Crippen molar-refractivity contribution in [1.82, 2.24) is 0 Å². The summed E-state index contributed by atoms with van der Waals surface area (Å²) < 4.78 is 11.1. The Bertz CT molecular complexity index is 295. The maximum Gasteiger partial charge on any atom is 0.309 e. The van der Waals surface area contributed by atoms with Gasteiger partial charge in [0.25, 0.3) is 0 Å². The lowest BCUT2D eigenvalue weighted by Crippen LogP contribution is -2.37. The molecule has 4 unspecified atom stereocenters. The number of rotatable bonds is 4. The van der Waals surface area contributed by atoms with E-state index in [0.29, 0.717) is 12.5 Å². The second-order valence-electron chi connectivity index (χ2n) is 5.97. The molecule has 110 valence electrons. The van der Waals surface area contributed by atoms with Gasteiger partial charge in [0.15, 0.2) is 0 Å². The van der Waals surface area contributed by atoms with Crippen LogP contribution >= 0.6 is 0 Å². The third-order valence-electron chi connectivity index (χ3n) is 4.71. The number of nitrogens with two attached hydrogens (primary N) is 1. The van der Waals surface area contributed by atoms with Gasteiger partial charge in [0.1, 0.15) is 6.10 Å². The highest BCUT2D eigenvalue weighted by molar-refractivity contribution is 5.73. The molecule has 4 heteroatoms. The van der Waals surface area contributed by atoms with E-state index in [4.69, 9.17) is 15.2 Å². The topological polar surface area (TPSA) is 61.5 Å².